The highest BCUT2D eigenvalue weighted by Crippen LogP contribution is 2.23. The van der Waals surface area contributed by atoms with Crippen molar-refractivity contribution in [3.05, 3.63) is 53.5 Å². The van der Waals surface area contributed by atoms with E-state index in [2.05, 4.69) is 14.9 Å². The molecule has 2 aliphatic heterocycles. The third-order valence-electron chi connectivity index (χ3n) is 5.98. The van der Waals surface area contributed by atoms with E-state index < -0.39 is 10.0 Å². The van der Waals surface area contributed by atoms with Crippen LogP contribution in [0.5, 0.6) is 0 Å². The fraction of sp³-hybridized carbons (Fsp3) is 0.522. The van der Waals surface area contributed by atoms with Crippen molar-refractivity contribution in [3.8, 4) is 0 Å². The Kier molecular flexibility index (Phi) is 7.82. The van der Waals surface area contributed by atoms with E-state index in [0.29, 0.717) is 31.9 Å². The van der Waals surface area contributed by atoms with Crippen LogP contribution in [-0.2, 0) is 19.5 Å². The van der Waals surface area contributed by atoms with Crippen LogP contribution in [0.4, 0.5) is 0 Å². The van der Waals surface area contributed by atoms with Crippen molar-refractivity contribution in [3.63, 3.8) is 0 Å². The summed E-state index contributed by atoms with van der Waals surface area (Å²) in [5.74, 6) is 1.35. The number of nitrogens with one attached hydrogen (secondary N) is 2. The average molecular weight is 478 g/mol. The Bertz CT molecular complexity index is 1020. The van der Waals surface area contributed by atoms with Gasteiger partial charge in [-0.1, -0.05) is 0 Å². The van der Waals surface area contributed by atoms with Gasteiger partial charge in [0.05, 0.1) is 30.3 Å². The average Bonchev–Trinajstić information content (AvgIpc) is 3.51. The van der Waals surface area contributed by atoms with Gasteiger partial charge >= 0.3 is 0 Å². The lowest BCUT2D eigenvalue weighted by atomic mass is 10.1. The molecule has 3 heterocycles. The molecule has 2 aliphatic rings. The van der Waals surface area contributed by atoms with Crippen LogP contribution < -0.4 is 10.0 Å². The van der Waals surface area contributed by atoms with Crippen molar-refractivity contribution in [2.24, 2.45) is 0 Å². The number of morpholine rings is 1. The summed E-state index contributed by atoms with van der Waals surface area (Å²) in [6.07, 6.45) is 1.72. The molecule has 1 aromatic heterocycles. The topological polar surface area (TPSA) is 110 Å². The zero-order valence-electron chi connectivity index (χ0n) is 18.8. The van der Waals surface area contributed by atoms with Gasteiger partial charge in [-0.3, -0.25) is 9.69 Å². The summed E-state index contributed by atoms with van der Waals surface area (Å²) in [6.45, 7) is 5.97. The van der Waals surface area contributed by atoms with Gasteiger partial charge in [0.2, 0.25) is 10.0 Å². The number of carbonyl (C=O) groups is 1. The van der Waals surface area contributed by atoms with Crippen LogP contribution >= 0.6 is 0 Å². The molecule has 0 spiro atoms. The van der Waals surface area contributed by atoms with E-state index in [9.17, 15) is 13.2 Å². The number of ether oxygens (including phenoxy) is 2. The first kappa shape index (κ1) is 23.9. The van der Waals surface area contributed by atoms with Crippen molar-refractivity contribution in [1.82, 2.24) is 14.9 Å². The fourth-order valence-corrected chi connectivity index (χ4v) is 5.17. The maximum atomic E-state index is 12.8. The van der Waals surface area contributed by atoms with E-state index >= 15 is 0 Å². The van der Waals surface area contributed by atoms with E-state index in [1.54, 1.807) is 0 Å². The number of amides is 1. The molecule has 2 unspecified atom stereocenters. The van der Waals surface area contributed by atoms with E-state index in [1.807, 2.05) is 19.1 Å². The molecule has 0 aliphatic carbocycles. The van der Waals surface area contributed by atoms with E-state index in [0.717, 1.165) is 37.5 Å². The maximum Gasteiger partial charge on any atom is 0.251 e. The van der Waals surface area contributed by atoms with E-state index in [1.165, 1.54) is 24.3 Å². The number of furan rings is 1. The maximum absolute atomic E-state index is 12.8. The third-order valence-corrected chi connectivity index (χ3v) is 7.42. The largest absolute Gasteiger partial charge is 0.465 e. The minimum Gasteiger partial charge on any atom is -0.465 e. The summed E-state index contributed by atoms with van der Waals surface area (Å²) in [6, 6.07) is 9.69. The normalized spacial score (nSPS) is 20.6. The van der Waals surface area contributed by atoms with Crippen molar-refractivity contribution >= 4 is 15.9 Å². The third kappa shape index (κ3) is 6.21. The second kappa shape index (κ2) is 10.8. The summed E-state index contributed by atoms with van der Waals surface area (Å²) in [7, 11) is -3.66. The highest BCUT2D eigenvalue weighted by molar-refractivity contribution is 7.89. The molecule has 9 nitrogen and oxygen atoms in total. The molecule has 0 radical (unpaired) electrons. The quantitative estimate of drug-likeness (QED) is 0.567. The van der Waals surface area contributed by atoms with Gasteiger partial charge in [0, 0.05) is 38.3 Å². The highest BCUT2D eigenvalue weighted by Gasteiger charge is 2.26. The second-order valence-electron chi connectivity index (χ2n) is 8.33. The summed E-state index contributed by atoms with van der Waals surface area (Å²) in [5.41, 5.74) is 0.393. The first-order valence-electron chi connectivity index (χ1n) is 11.3. The molecule has 33 heavy (non-hydrogen) atoms. The van der Waals surface area contributed by atoms with Gasteiger partial charge in [-0.05, 0) is 56.2 Å². The van der Waals surface area contributed by atoms with Gasteiger partial charge in [-0.15, -0.1) is 0 Å². The lowest BCUT2D eigenvalue weighted by Crippen LogP contribution is -2.43. The molecule has 1 aromatic carbocycles. The van der Waals surface area contributed by atoms with Crippen molar-refractivity contribution < 1.29 is 27.1 Å². The van der Waals surface area contributed by atoms with Gasteiger partial charge in [0.25, 0.3) is 5.91 Å². The van der Waals surface area contributed by atoms with Crippen LogP contribution in [0.1, 0.15) is 40.8 Å². The van der Waals surface area contributed by atoms with Crippen molar-refractivity contribution in [2.75, 3.05) is 46.0 Å². The van der Waals surface area contributed by atoms with Crippen molar-refractivity contribution in [1.29, 1.82) is 0 Å². The molecule has 1 amide bonds. The molecular formula is C23H31N3O6S. The van der Waals surface area contributed by atoms with Gasteiger partial charge in [-0.2, -0.15) is 0 Å². The fourth-order valence-electron chi connectivity index (χ4n) is 4.10. The lowest BCUT2D eigenvalue weighted by Gasteiger charge is -2.33. The molecular weight excluding hydrogens is 446 g/mol. The number of hydrogen-bond acceptors (Lipinski definition) is 7. The number of benzene rings is 1. The van der Waals surface area contributed by atoms with Gasteiger partial charge in [0.15, 0.2) is 0 Å². The molecule has 2 saturated heterocycles. The predicted octanol–water partition coefficient (Wildman–Crippen LogP) is 1.85. The van der Waals surface area contributed by atoms with Gasteiger partial charge in [-0.25, -0.2) is 13.1 Å². The summed E-state index contributed by atoms with van der Waals surface area (Å²) >= 11 is 0. The van der Waals surface area contributed by atoms with Crippen LogP contribution in [0.3, 0.4) is 0 Å². The number of aryl methyl sites for hydroxylation is 1. The molecule has 0 saturated carbocycles. The molecule has 2 fully saturated rings. The minimum atomic E-state index is -3.66. The van der Waals surface area contributed by atoms with Crippen LogP contribution in [-0.4, -0.2) is 71.3 Å². The molecule has 2 aromatic rings. The molecule has 180 valence electrons. The number of carbonyl (C=O) groups excluding carboxylic acids is 1. The van der Waals surface area contributed by atoms with E-state index in [4.69, 9.17) is 13.9 Å². The van der Waals surface area contributed by atoms with E-state index in [-0.39, 0.29) is 29.5 Å². The van der Waals surface area contributed by atoms with Crippen molar-refractivity contribution in [2.45, 2.75) is 36.8 Å². The highest BCUT2D eigenvalue weighted by atomic mass is 32.2. The first-order valence-corrected chi connectivity index (χ1v) is 12.8. The summed E-state index contributed by atoms with van der Waals surface area (Å²) in [5, 5.41) is 2.96. The first-order chi connectivity index (χ1) is 15.9. The predicted molar refractivity (Wildman–Crippen MR) is 122 cm³/mol. The molecule has 2 N–H and O–H groups in total. The Balaban J connectivity index is 1.36. The molecule has 4 rings (SSSR count). The zero-order valence-corrected chi connectivity index (χ0v) is 19.6. The molecule has 0 bridgehead atoms. The summed E-state index contributed by atoms with van der Waals surface area (Å²) in [4.78, 5) is 15.1. The SMILES string of the molecule is Cc1ccc(C(CNC(=O)c2ccc(S(=O)(=O)NCC3CCCO3)cc2)N2CCOCC2)o1. The Hall–Kier alpha value is -2.24. The van der Waals surface area contributed by atoms with Crippen LogP contribution in [0, 0.1) is 6.92 Å². The standard InChI is InChI=1S/C23H31N3O6S/c1-17-4-9-22(32-17)21(26-10-13-30-14-11-26)16-24-23(27)18-5-7-20(8-6-18)33(28,29)25-15-19-3-2-12-31-19/h4-9,19,21,25H,2-3,10-16H2,1H3,(H,24,27). The number of sulfonamides is 1. The van der Waals surface area contributed by atoms with Crippen LogP contribution in [0.15, 0.2) is 45.7 Å². The lowest BCUT2D eigenvalue weighted by molar-refractivity contribution is 0.0117. The van der Waals surface area contributed by atoms with Gasteiger partial charge in [0.1, 0.15) is 11.5 Å². The van der Waals surface area contributed by atoms with Crippen LogP contribution in [0.2, 0.25) is 0 Å². The summed E-state index contributed by atoms with van der Waals surface area (Å²) < 4.78 is 44.4. The minimum absolute atomic E-state index is 0.0813. The Morgan fingerprint density at radius 2 is 1.88 bits per heavy atom. The Labute approximate surface area is 194 Å². The second-order valence-corrected chi connectivity index (χ2v) is 10.1. The molecule has 10 heteroatoms. The van der Waals surface area contributed by atoms with Crippen LogP contribution in [0.25, 0.3) is 0 Å². The zero-order chi connectivity index (χ0) is 23.3. The van der Waals surface area contributed by atoms with Gasteiger partial charge < -0.3 is 19.2 Å². The number of nitrogens with zero attached hydrogens (tertiary/aromatic N) is 1. The molecule has 2 atom stereocenters. The Morgan fingerprint density at radius 1 is 1.12 bits per heavy atom. The number of rotatable bonds is 9. The Morgan fingerprint density at radius 3 is 2.52 bits per heavy atom. The monoisotopic (exact) mass is 477 g/mol. The smallest absolute Gasteiger partial charge is 0.251 e. The number of hydrogen-bond donors (Lipinski definition) is 2.